The molecule has 0 atom stereocenters. The first-order chi connectivity index (χ1) is 9.09. The fourth-order valence-electron chi connectivity index (χ4n) is 1.53. The molecule has 0 saturated heterocycles. The van der Waals surface area contributed by atoms with Crippen LogP contribution in [0, 0.1) is 10.1 Å². The minimum atomic E-state index is -1.26. The molecule has 2 aromatic rings. The number of aromatic carboxylic acids is 1. The topological polar surface area (TPSA) is 89.7 Å². The third kappa shape index (κ3) is 2.89. The molecular formula is C12H9NO5S. The highest BCUT2D eigenvalue weighted by Crippen LogP contribution is 2.31. The average molecular weight is 279 g/mol. The van der Waals surface area contributed by atoms with E-state index in [9.17, 15) is 14.9 Å². The maximum absolute atomic E-state index is 11.1. The van der Waals surface area contributed by atoms with Crippen LogP contribution in [0.2, 0.25) is 0 Å². The van der Waals surface area contributed by atoms with E-state index in [1.807, 2.05) is 11.4 Å². The molecule has 0 saturated carbocycles. The largest absolute Gasteiger partial charge is 0.480 e. The van der Waals surface area contributed by atoms with Gasteiger partial charge >= 0.3 is 11.7 Å². The lowest BCUT2D eigenvalue weighted by Crippen LogP contribution is -2.05. The Labute approximate surface area is 112 Å². The average Bonchev–Trinajstić information content (AvgIpc) is 2.88. The second-order valence-electron chi connectivity index (χ2n) is 3.58. The number of thiophene rings is 1. The van der Waals surface area contributed by atoms with Crippen LogP contribution in [0.15, 0.2) is 35.7 Å². The first-order valence-electron chi connectivity index (χ1n) is 5.25. The third-order valence-electron chi connectivity index (χ3n) is 2.36. The highest BCUT2D eigenvalue weighted by Gasteiger charge is 2.23. The third-order valence-corrected chi connectivity index (χ3v) is 3.21. The Balaban J connectivity index is 2.35. The van der Waals surface area contributed by atoms with Crippen LogP contribution in [0.3, 0.4) is 0 Å². The van der Waals surface area contributed by atoms with Crippen LogP contribution in [0.25, 0.3) is 0 Å². The lowest BCUT2D eigenvalue weighted by Gasteiger charge is -2.08. The van der Waals surface area contributed by atoms with Crippen LogP contribution in [0.5, 0.6) is 5.75 Å². The molecule has 98 valence electrons. The van der Waals surface area contributed by atoms with Gasteiger partial charge in [0.05, 0.1) is 4.92 Å². The number of rotatable bonds is 5. The van der Waals surface area contributed by atoms with E-state index >= 15 is 0 Å². The van der Waals surface area contributed by atoms with Crippen molar-refractivity contribution in [2.45, 2.75) is 6.61 Å². The maximum atomic E-state index is 11.1. The van der Waals surface area contributed by atoms with Gasteiger partial charge in [-0.3, -0.25) is 10.1 Å². The van der Waals surface area contributed by atoms with E-state index in [-0.39, 0.29) is 23.6 Å². The molecule has 0 aliphatic heterocycles. The molecule has 0 bridgehead atoms. The monoisotopic (exact) mass is 279 g/mol. The predicted octanol–water partition coefficient (Wildman–Crippen LogP) is 2.93. The summed E-state index contributed by atoms with van der Waals surface area (Å²) in [6, 6.07) is 7.44. The van der Waals surface area contributed by atoms with Crippen LogP contribution in [0.4, 0.5) is 5.69 Å². The molecule has 0 amide bonds. The first kappa shape index (κ1) is 13.0. The van der Waals surface area contributed by atoms with E-state index in [2.05, 4.69) is 0 Å². The lowest BCUT2D eigenvalue weighted by atomic mass is 10.1. The Morgan fingerprint density at radius 1 is 1.37 bits per heavy atom. The summed E-state index contributed by atoms with van der Waals surface area (Å²) in [4.78, 5) is 22.2. The molecule has 1 N–H and O–H groups in total. The van der Waals surface area contributed by atoms with Gasteiger partial charge in [0.15, 0.2) is 0 Å². The number of carboxylic acids is 1. The normalized spacial score (nSPS) is 10.1. The molecule has 7 heteroatoms. The molecule has 1 aromatic heterocycles. The SMILES string of the molecule is O=C(O)c1cccc([N+](=O)[O-])c1OCc1cccs1. The van der Waals surface area contributed by atoms with Gasteiger partial charge in [-0.05, 0) is 17.5 Å². The number of carboxylic acid groups (broad SMARTS) is 1. The Morgan fingerprint density at radius 3 is 2.74 bits per heavy atom. The van der Waals surface area contributed by atoms with Gasteiger partial charge in [-0.15, -0.1) is 11.3 Å². The van der Waals surface area contributed by atoms with Crippen LogP contribution in [-0.4, -0.2) is 16.0 Å². The molecular weight excluding hydrogens is 270 g/mol. The number of hydrogen-bond donors (Lipinski definition) is 1. The summed E-state index contributed by atoms with van der Waals surface area (Å²) in [5.74, 6) is -1.47. The fourth-order valence-corrected chi connectivity index (χ4v) is 2.14. The van der Waals surface area contributed by atoms with E-state index in [0.29, 0.717) is 0 Å². The van der Waals surface area contributed by atoms with Crippen molar-refractivity contribution < 1.29 is 19.6 Å². The summed E-state index contributed by atoms with van der Waals surface area (Å²) in [5, 5.41) is 21.8. The summed E-state index contributed by atoms with van der Waals surface area (Å²) >= 11 is 1.43. The van der Waals surface area contributed by atoms with Gasteiger partial charge in [0.1, 0.15) is 12.2 Å². The molecule has 1 heterocycles. The van der Waals surface area contributed by atoms with E-state index < -0.39 is 10.9 Å². The van der Waals surface area contributed by atoms with Gasteiger partial charge in [0.2, 0.25) is 5.75 Å². The number of para-hydroxylation sites is 1. The zero-order chi connectivity index (χ0) is 13.8. The van der Waals surface area contributed by atoms with Crippen LogP contribution in [-0.2, 0) is 6.61 Å². The molecule has 0 radical (unpaired) electrons. The lowest BCUT2D eigenvalue weighted by molar-refractivity contribution is -0.386. The van der Waals surface area contributed by atoms with E-state index in [1.165, 1.54) is 29.5 Å². The smallest absolute Gasteiger partial charge is 0.339 e. The van der Waals surface area contributed by atoms with Crippen LogP contribution in [0.1, 0.15) is 15.2 Å². The van der Waals surface area contributed by atoms with E-state index in [1.54, 1.807) is 6.07 Å². The molecule has 0 spiro atoms. The quantitative estimate of drug-likeness (QED) is 0.671. The number of carbonyl (C=O) groups is 1. The number of benzene rings is 1. The zero-order valence-corrected chi connectivity index (χ0v) is 10.4. The maximum Gasteiger partial charge on any atom is 0.339 e. The summed E-state index contributed by atoms with van der Waals surface area (Å²) in [7, 11) is 0. The van der Waals surface area contributed by atoms with Crippen molar-refractivity contribution in [1.29, 1.82) is 0 Å². The number of hydrogen-bond acceptors (Lipinski definition) is 5. The predicted molar refractivity (Wildman–Crippen MR) is 68.7 cm³/mol. The van der Waals surface area contributed by atoms with Crippen molar-refractivity contribution in [2.24, 2.45) is 0 Å². The van der Waals surface area contributed by atoms with Crippen molar-refractivity contribution in [3.05, 3.63) is 56.3 Å². The van der Waals surface area contributed by atoms with Gasteiger partial charge in [0.25, 0.3) is 0 Å². The molecule has 0 unspecified atom stereocenters. The van der Waals surface area contributed by atoms with Crippen molar-refractivity contribution in [3.8, 4) is 5.75 Å². The Hall–Kier alpha value is -2.41. The Kier molecular flexibility index (Phi) is 3.76. The highest BCUT2D eigenvalue weighted by atomic mass is 32.1. The standard InChI is InChI=1S/C12H9NO5S/c14-12(15)9-4-1-5-10(13(16)17)11(9)18-7-8-3-2-6-19-8/h1-6H,7H2,(H,14,15). The summed E-state index contributed by atoms with van der Waals surface area (Å²) < 4.78 is 5.32. The first-order valence-corrected chi connectivity index (χ1v) is 6.13. The van der Waals surface area contributed by atoms with Gasteiger partial charge in [0, 0.05) is 10.9 Å². The zero-order valence-electron chi connectivity index (χ0n) is 9.61. The molecule has 19 heavy (non-hydrogen) atoms. The van der Waals surface area contributed by atoms with E-state index in [0.717, 1.165) is 4.88 Å². The second kappa shape index (κ2) is 5.49. The van der Waals surface area contributed by atoms with Crippen molar-refractivity contribution in [1.82, 2.24) is 0 Å². The molecule has 2 rings (SSSR count). The van der Waals surface area contributed by atoms with Crippen molar-refractivity contribution in [2.75, 3.05) is 0 Å². The Bertz CT molecular complexity index is 576. The van der Waals surface area contributed by atoms with Crippen LogP contribution < -0.4 is 4.74 Å². The van der Waals surface area contributed by atoms with Gasteiger partial charge < -0.3 is 9.84 Å². The molecule has 6 nitrogen and oxygen atoms in total. The fraction of sp³-hybridized carbons (Fsp3) is 0.0833. The minimum absolute atomic E-state index is 0.1000. The van der Waals surface area contributed by atoms with Crippen LogP contribution >= 0.6 is 11.3 Å². The summed E-state index contributed by atoms with van der Waals surface area (Å²) in [6.45, 7) is 0.1000. The minimum Gasteiger partial charge on any atom is -0.480 e. The Morgan fingerprint density at radius 2 is 2.16 bits per heavy atom. The number of nitrogens with zero attached hydrogens (tertiary/aromatic N) is 1. The molecule has 0 fully saturated rings. The molecule has 0 aliphatic carbocycles. The van der Waals surface area contributed by atoms with Crippen molar-refractivity contribution >= 4 is 23.0 Å². The molecule has 0 aliphatic rings. The summed E-state index contributed by atoms with van der Waals surface area (Å²) in [6.07, 6.45) is 0. The van der Waals surface area contributed by atoms with Gasteiger partial charge in [-0.25, -0.2) is 4.79 Å². The number of nitro benzene ring substituents is 1. The van der Waals surface area contributed by atoms with E-state index in [4.69, 9.17) is 9.84 Å². The summed E-state index contributed by atoms with van der Waals surface area (Å²) in [5.41, 5.74) is -0.567. The van der Waals surface area contributed by atoms with Gasteiger partial charge in [-0.1, -0.05) is 12.1 Å². The second-order valence-corrected chi connectivity index (χ2v) is 4.62. The molecule has 1 aromatic carbocycles. The van der Waals surface area contributed by atoms with Gasteiger partial charge in [-0.2, -0.15) is 0 Å². The van der Waals surface area contributed by atoms with Crippen molar-refractivity contribution in [3.63, 3.8) is 0 Å². The number of ether oxygens (including phenoxy) is 1. The highest BCUT2D eigenvalue weighted by molar-refractivity contribution is 7.09. The number of nitro groups is 1.